The molecule has 11 heavy (non-hydrogen) atoms. The lowest BCUT2D eigenvalue weighted by Crippen LogP contribution is -2.33. The van der Waals surface area contributed by atoms with Gasteiger partial charge < -0.3 is 0 Å². The van der Waals surface area contributed by atoms with Crippen LogP contribution in [0.25, 0.3) is 0 Å². The van der Waals surface area contributed by atoms with Crippen molar-refractivity contribution >= 4 is 0 Å². The fraction of sp³-hybridized carbons (Fsp3) is 0.667. The molecule has 0 bridgehead atoms. The third-order valence-electron chi connectivity index (χ3n) is 1.50. The van der Waals surface area contributed by atoms with Crippen molar-refractivity contribution in [2.75, 3.05) is 0 Å². The second-order valence-electron chi connectivity index (χ2n) is 2.32. The first kappa shape index (κ1) is 8.49. The summed E-state index contributed by atoms with van der Waals surface area (Å²) in [6.45, 7) is 0. The molecule has 0 radical (unpaired) electrons. The average molecular weight is 172 g/mol. The minimum absolute atomic E-state index is 1.01. The maximum Gasteiger partial charge on any atom is 0.188 e. The Labute approximate surface area is 59.7 Å². The molecule has 0 N–H and O–H groups in total. The predicted octanol–water partition coefficient (Wildman–Crippen LogP) is 2.56. The summed E-state index contributed by atoms with van der Waals surface area (Å²) in [5.41, 5.74) is 0. The minimum atomic E-state index is -2.78. The molecule has 5 heteroatoms. The first-order chi connectivity index (χ1) is 5.04. The van der Waals surface area contributed by atoms with Crippen molar-refractivity contribution < 1.29 is 22.0 Å². The number of rotatable bonds is 0. The Bertz CT molecular complexity index is 187. The summed E-state index contributed by atoms with van der Waals surface area (Å²) in [6.07, 6.45) is -8.63. The Hall–Kier alpha value is -0.610. The van der Waals surface area contributed by atoms with Gasteiger partial charge in [-0.25, -0.2) is 22.0 Å². The van der Waals surface area contributed by atoms with Crippen LogP contribution in [-0.4, -0.2) is 18.5 Å². The standard InChI is InChI=1S/C6H5F5/c7-2-1-3(8)5(10)6(11)4(2)9/h2,4,6H,1H2. The number of allylic oxidation sites excluding steroid dienone is 2. The molecule has 0 nitrogen and oxygen atoms in total. The largest absolute Gasteiger partial charge is 0.244 e. The molecule has 0 aromatic heterocycles. The van der Waals surface area contributed by atoms with Crippen LogP contribution >= 0.6 is 0 Å². The Kier molecular flexibility index (Phi) is 2.15. The summed E-state index contributed by atoms with van der Waals surface area (Å²) in [5, 5.41) is 0. The summed E-state index contributed by atoms with van der Waals surface area (Å²) in [6, 6.07) is 0. The van der Waals surface area contributed by atoms with Crippen molar-refractivity contribution in [3.05, 3.63) is 11.7 Å². The molecule has 64 valence electrons. The molecule has 0 aliphatic heterocycles. The number of hydrogen-bond donors (Lipinski definition) is 0. The quantitative estimate of drug-likeness (QED) is 0.492. The minimum Gasteiger partial charge on any atom is -0.244 e. The van der Waals surface area contributed by atoms with E-state index in [1.807, 2.05) is 0 Å². The lowest BCUT2D eigenvalue weighted by molar-refractivity contribution is 0.0662. The molecule has 1 aliphatic rings. The predicted molar refractivity (Wildman–Crippen MR) is 28.5 cm³/mol. The van der Waals surface area contributed by atoms with E-state index in [4.69, 9.17) is 0 Å². The summed E-state index contributed by atoms with van der Waals surface area (Å²) in [4.78, 5) is 0. The number of hydrogen-bond acceptors (Lipinski definition) is 0. The third kappa shape index (κ3) is 1.36. The van der Waals surface area contributed by atoms with Crippen molar-refractivity contribution in [1.82, 2.24) is 0 Å². The zero-order chi connectivity index (χ0) is 8.59. The maximum absolute atomic E-state index is 12.2. The van der Waals surface area contributed by atoms with Gasteiger partial charge in [-0.1, -0.05) is 0 Å². The fourth-order valence-electron chi connectivity index (χ4n) is 0.854. The van der Waals surface area contributed by atoms with E-state index < -0.39 is 36.6 Å². The van der Waals surface area contributed by atoms with Gasteiger partial charge in [-0.2, -0.15) is 0 Å². The van der Waals surface area contributed by atoms with Crippen molar-refractivity contribution in [3.8, 4) is 0 Å². The van der Waals surface area contributed by atoms with Crippen molar-refractivity contribution in [2.45, 2.75) is 24.9 Å². The summed E-state index contributed by atoms with van der Waals surface area (Å²) in [5.74, 6) is -3.34. The van der Waals surface area contributed by atoms with Crippen molar-refractivity contribution in [2.24, 2.45) is 0 Å². The van der Waals surface area contributed by atoms with Gasteiger partial charge in [-0.15, -0.1) is 0 Å². The van der Waals surface area contributed by atoms with E-state index in [0.717, 1.165) is 0 Å². The monoisotopic (exact) mass is 172 g/mol. The fourth-order valence-corrected chi connectivity index (χ4v) is 0.854. The molecule has 3 unspecified atom stereocenters. The highest BCUT2D eigenvalue weighted by molar-refractivity contribution is 5.14. The zero-order valence-corrected chi connectivity index (χ0v) is 5.33. The Morgan fingerprint density at radius 3 is 2.18 bits per heavy atom. The van der Waals surface area contributed by atoms with E-state index in [0.29, 0.717) is 0 Å². The second kappa shape index (κ2) is 2.79. The number of alkyl halides is 3. The van der Waals surface area contributed by atoms with Crippen LogP contribution in [0.3, 0.4) is 0 Å². The van der Waals surface area contributed by atoms with Crippen LogP contribution in [0.5, 0.6) is 0 Å². The van der Waals surface area contributed by atoms with Crippen LogP contribution in [0.15, 0.2) is 11.7 Å². The molecule has 1 rings (SSSR count). The van der Waals surface area contributed by atoms with Crippen LogP contribution in [0.4, 0.5) is 22.0 Å². The average Bonchev–Trinajstić information content (AvgIpc) is 1.97. The summed E-state index contributed by atoms with van der Waals surface area (Å²) in [7, 11) is 0. The van der Waals surface area contributed by atoms with Crippen molar-refractivity contribution in [3.63, 3.8) is 0 Å². The SMILES string of the molecule is FC1=C(F)C(F)C(F)C(F)C1. The van der Waals surface area contributed by atoms with Crippen LogP contribution < -0.4 is 0 Å². The smallest absolute Gasteiger partial charge is 0.188 e. The molecule has 1 aliphatic carbocycles. The lowest BCUT2D eigenvalue weighted by Gasteiger charge is -2.20. The van der Waals surface area contributed by atoms with E-state index >= 15 is 0 Å². The molecular formula is C6H5F5. The molecule has 0 saturated heterocycles. The van der Waals surface area contributed by atoms with Crippen LogP contribution in [0.2, 0.25) is 0 Å². The van der Waals surface area contributed by atoms with E-state index in [2.05, 4.69) is 0 Å². The third-order valence-corrected chi connectivity index (χ3v) is 1.50. The molecule has 0 aromatic carbocycles. The van der Waals surface area contributed by atoms with Gasteiger partial charge in [0.1, 0.15) is 12.0 Å². The molecule has 3 atom stereocenters. The maximum atomic E-state index is 12.2. The highest BCUT2D eigenvalue weighted by Gasteiger charge is 2.40. The van der Waals surface area contributed by atoms with Gasteiger partial charge in [0.15, 0.2) is 18.2 Å². The van der Waals surface area contributed by atoms with Gasteiger partial charge in [0.05, 0.1) is 0 Å². The lowest BCUT2D eigenvalue weighted by atomic mass is 10.0. The normalized spacial score (nSPS) is 39.5. The Morgan fingerprint density at radius 1 is 1.09 bits per heavy atom. The van der Waals surface area contributed by atoms with Gasteiger partial charge >= 0.3 is 0 Å². The topological polar surface area (TPSA) is 0 Å². The van der Waals surface area contributed by atoms with Crippen molar-refractivity contribution in [1.29, 1.82) is 0 Å². The molecule has 0 heterocycles. The Balaban J connectivity index is 2.86. The van der Waals surface area contributed by atoms with Gasteiger partial charge in [-0.05, 0) is 0 Å². The van der Waals surface area contributed by atoms with Gasteiger partial charge in [0.2, 0.25) is 0 Å². The van der Waals surface area contributed by atoms with Crippen LogP contribution in [0.1, 0.15) is 6.42 Å². The molecule has 0 spiro atoms. The van der Waals surface area contributed by atoms with Gasteiger partial charge in [0, 0.05) is 6.42 Å². The zero-order valence-electron chi connectivity index (χ0n) is 5.33. The molecule has 0 saturated carbocycles. The van der Waals surface area contributed by atoms with E-state index in [-0.39, 0.29) is 0 Å². The first-order valence-electron chi connectivity index (χ1n) is 3.00. The van der Waals surface area contributed by atoms with Crippen LogP contribution in [-0.2, 0) is 0 Å². The van der Waals surface area contributed by atoms with E-state index in [1.54, 1.807) is 0 Å². The Morgan fingerprint density at radius 2 is 1.64 bits per heavy atom. The highest BCUT2D eigenvalue weighted by Crippen LogP contribution is 2.33. The molecule has 0 fully saturated rings. The van der Waals surface area contributed by atoms with Crippen LogP contribution in [0, 0.1) is 0 Å². The first-order valence-corrected chi connectivity index (χ1v) is 3.00. The molecule has 0 aromatic rings. The van der Waals surface area contributed by atoms with Gasteiger partial charge in [-0.3, -0.25) is 0 Å². The van der Waals surface area contributed by atoms with Gasteiger partial charge in [0.25, 0.3) is 0 Å². The molecular weight excluding hydrogens is 167 g/mol. The number of halogens is 5. The second-order valence-corrected chi connectivity index (χ2v) is 2.32. The van der Waals surface area contributed by atoms with E-state index in [1.165, 1.54) is 0 Å². The molecule has 0 amide bonds. The van der Waals surface area contributed by atoms with E-state index in [9.17, 15) is 22.0 Å². The highest BCUT2D eigenvalue weighted by atomic mass is 19.2. The summed E-state index contributed by atoms with van der Waals surface area (Å²) < 4.78 is 60.8. The summed E-state index contributed by atoms with van der Waals surface area (Å²) >= 11 is 0.